The lowest BCUT2D eigenvalue weighted by Crippen LogP contribution is -2.32. The number of carbonyl (C=O) groups is 1. The number of aromatic nitrogens is 3. The lowest BCUT2D eigenvalue weighted by Gasteiger charge is -2.14. The summed E-state index contributed by atoms with van der Waals surface area (Å²) in [5.74, 6) is 1.00. The minimum Gasteiger partial charge on any atom is -0.368 e. The largest absolute Gasteiger partial charge is 0.368 e. The van der Waals surface area contributed by atoms with Gasteiger partial charge in [-0.05, 0) is 6.42 Å². The second kappa shape index (κ2) is 5.72. The first kappa shape index (κ1) is 13.8. The number of rotatable bonds is 4. The van der Waals surface area contributed by atoms with Crippen molar-refractivity contribution in [2.24, 2.45) is 0 Å². The molecular formula is C17H17N5O. The summed E-state index contributed by atoms with van der Waals surface area (Å²) >= 11 is 0. The molecule has 1 aromatic carbocycles. The molecule has 0 aliphatic carbocycles. The molecule has 3 heterocycles. The van der Waals surface area contributed by atoms with Gasteiger partial charge in [-0.3, -0.25) is 4.79 Å². The van der Waals surface area contributed by atoms with E-state index in [2.05, 4.69) is 20.7 Å². The van der Waals surface area contributed by atoms with Gasteiger partial charge in [-0.15, -0.1) is 0 Å². The molecule has 1 amide bonds. The average molecular weight is 307 g/mol. The fourth-order valence-electron chi connectivity index (χ4n) is 2.85. The van der Waals surface area contributed by atoms with E-state index < -0.39 is 0 Å². The topological polar surface area (TPSA) is 71.3 Å². The third-order valence-electron chi connectivity index (χ3n) is 4.04. The molecule has 1 atom stereocenters. The summed E-state index contributed by atoms with van der Waals surface area (Å²) in [7, 11) is 0. The normalized spacial score (nSPS) is 17.4. The second-order valence-corrected chi connectivity index (χ2v) is 5.68. The summed E-state index contributed by atoms with van der Waals surface area (Å²) in [4.78, 5) is 16.0. The van der Waals surface area contributed by atoms with E-state index >= 15 is 0 Å². The Labute approximate surface area is 133 Å². The Hall–Kier alpha value is -2.89. The predicted octanol–water partition coefficient (Wildman–Crippen LogP) is 2.09. The Balaban J connectivity index is 1.65. The van der Waals surface area contributed by atoms with Crippen LogP contribution in [0.3, 0.4) is 0 Å². The summed E-state index contributed by atoms with van der Waals surface area (Å²) in [5, 5.41) is 10.7. The summed E-state index contributed by atoms with van der Waals surface area (Å²) < 4.78 is 1.78. The third kappa shape index (κ3) is 2.75. The van der Waals surface area contributed by atoms with E-state index in [0.717, 1.165) is 29.1 Å². The molecule has 1 aliphatic rings. The number of nitrogens with zero attached hydrogens (tertiary/aromatic N) is 3. The van der Waals surface area contributed by atoms with Crippen LogP contribution in [0.5, 0.6) is 0 Å². The molecule has 1 aliphatic heterocycles. The number of fused-ring (bicyclic) bond motifs is 1. The van der Waals surface area contributed by atoms with Crippen molar-refractivity contribution < 1.29 is 4.79 Å². The molecule has 1 saturated heterocycles. The number of amides is 1. The molecular weight excluding hydrogens is 290 g/mol. The van der Waals surface area contributed by atoms with Crippen LogP contribution in [0, 0.1) is 0 Å². The van der Waals surface area contributed by atoms with Crippen LogP contribution in [0.4, 0.5) is 5.82 Å². The minimum absolute atomic E-state index is 0.126. The Kier molecular flexibility index (Phi) is 3.42. The Bertz CT molecular complexity index is 843. The molecule has 0 saturated carbocycles. The maximum absolute atomic E-state index is 11.3. The third-order valence-corrected chi connectivity index (χ3v) is 4.04. The van der Waals surface area contributed by atoms with Crippen LogP contribution in [0.25, 0.3) is 16.9 Å². The van der Waals surface area contributed by atoms with Crippen molar-refractivity contribution in [2.75, 3.05) is 11.9 Å². The highest BCUT2D eigenvalue weighted by Crippen LogP contribution is 2.22. The zero-order valence-corrected chi connectivity index (χ0v) is 12.6. The molecule has 2 aromatic heterocycles. The minimum atomic E-state index is 0.126. The first-order valence-electron chi connectivity index (χ1n) is 7.73. The van der Waals surface area contributed by atoms with Gasteiger partial charge < -0.3 is 10.6 Å². The smallest absolute Gasteiger partial charge is 0.220 e. The van der Waals surface area contributed by atoms with E-state index in [9.17, 15) is 4.79 Å². The Morgan fingerprint density at radius 1 is 1.26 bits per heavy atom. The molecule has 6 nitrogen and oxygen atoms in total. The molecule has 1 unspecified atom stereocenters. The summed E-state index contributed by atoms with van der Waals surface area (Å²) in [6.07, 6.45) is 3.21. The van der Waals surface area contributed by atoms with Gasteiger partial charge >= 0.3 is 0 Å². The van der Waals surface area contributed by atoms with Gasteiger partial charge in [-0.1, -0.05) is 30.3 Å². The van der Waals surface area contributed by atoms with Gasteiger partial charge in [0.15, 0.2) is 5.65 Å². The highest BCUT2D eigenvalue weighted by atomic mass is 16.1. The second-order valence-electron chi connectivity index (χ2n) is 5.68. The molecule has 2 N–H and O–H groups in total. The van der Waals surface area contributed by atoms with E-state index in [0.29, 0.717) is 13.0 Å². The lowest BCUT2D eigenvalue weighted by molar-refractivity contribution is -0.119. The number of hydrogen-bond acceptors (Lipinski definition) is 4. The fraction of sp³-hybridized carbons (Fsp3) is 0.235. The number of hydrogen-bond donors (Lipinski definition) is 2. The molecule has 4 rings (SSSR count). The van der Waals surface area contributed by atoms with E-state index in [1.165, 1.54) is 0 Å². The fourth-order valence-corrected chi connectivity index (χ4v) is 2.85. The van der Waals surface area contributed by atoms with Crippen LogP contribution in [0.2, 0.25) is 0 Å². The maximum atomic E-state index is 11.3. The van der Waals surface area contributed by atoms with Gasteiger partial charge in [0.25, 0.3) is 0 Å². The van der Waals surface area contributed by atoms with E-state index in [-0.39, 0.29) is 11.9 Å². The summed E-state index contributed by atoms with van der Waals surface area (Å²) in [6.45, 7) is 0.680. The van der Waals surface area contributed by atoms with Gasteiger partial charge in [0.05, 0.1) is 11.9 Å². The first-order valence-corrected chi connectivity index (χ1v) is 7.73. The molecule has 0 radical (unpaired) electrons. The van der Waals surface area contributed by atoms with Gasteiger partial charge in [0.1, 0.15) is 5.82 Å². The maximum Gasteiger partial charge on any atom is 0.220 e. The van der Waals surface area contributed by atoms with Gasteiger partial charge in [-0.2, -0.15) is 9.61 Å². The van der Waals surface area contributed by atoms with Crippen molar-refractivity contribution in [2.45, 2.75) is 18.9 Å². The van der Waals surface area contributed by atoms with Crippen LogP contribution in [0.1, 0.15) is 12.8 Å². The van der Waals surface area contributed by atoms with Crippen molar-refractivity contribution in [3.8, 4) is 11.3 Å². The van der Waals surface area contributed by atoms with E-state index in [4.69, 9.17) is 0 Å². The van der Waals surface area contributed by atoms with Crippen molar-refractivity contribution in [3.05, 3.63) is 48.7 Å². The molecule has 6 heteroatoms. The van der Waals surface area contributed by atoms with Crippen LogP contribution in [0.15, 0.2) is 48.7 Å². The van der Waals surface area contributed by atoms with Gasteiger partial charge in [0.2, 0.25) is 5.91 Å². The lowest BCUT2D eigenvalue weighted by atomic mass is 10.1. The van der Waals surface area contributed by atoms with E-state index in [1.54, 1.807) is 10.7 Å². The quantitative estimate of drug-likeness (QED) is 0.774. The van der Waals surface area contributed by atoms with Crippen molar-refractivity contribution in [1.82, 2.24) is 19.9 Å². The van der Waals surface area contributed by atoms with Gasteiger partial charge in [0, 0.05) is 36.7 Å². The molecule has 116 valence electrons. The summed E-state index contributed by atoms with van der Waals surface area (Å²) in [5.41, 5.74) is 2.76. The highest BCUT2D eigenvalue weighted by molar-refractivity contribution is 5.78. The SMILES string of the molecule is O=C1CCC(CNc2cc(-c3ccccc3)nc3ccnn23)N1. The van der Waals surface area contributed by atoms with Crippen LogP contribution in [-0.2, 0) is 4.79 Å². The van der Waals surface area contributed by atoms with Crippen LogP contribution < -0.4 is 10.6 Å². The van der Waals surface area contributed by atoms with Crippen LogP contribution in [-0.4, -0.2) is 33.1 Å². The van der Waals surface area contributed by atoms with E-state index in [1.807, 2.05) is 42.5 Å². The monoisotopic (exact) mass is 307 g/mol. The highest BCUT2D eigenvalue weighted by Gasteiger charge is 2.20. The van der Waals surface area contributed by atoms with Crippen molar-refractivity contribution in [3.63, 3.8) is 0 Å². The molecule has 0 spiro atoms. The van der Waals surface area contributed by atoms with Gasteiger partial charge in [-0.25, -0.2) is 4.98 Å². The average Bonchev–Trinajstić information content (AvgIpc) is 3.22. The summed E-state index contributed by atoms with van der Waals surface area (Å²) in [6, 6.07) is 14.1. The Morgan fingerprint density at radius 3 is 2.91 bits per heavy atom. The zero-order valence-electron chi connectivity index (χ0n) is 12.6. The van der Waals surface area contributed by atoms with Crippen molar-refractivity contribution in [1.29, 1.82) is 0 Å². The molecule has 1 fully saturated rings. The zero-order chi connectivity index (χ0) is 15.6. The number of carbonyl (C=O) groups excluding carboxylic acids is 1. The van der Waals surface area contributed by atoms with Crippen molar-refractivity contribution >= 4 is 17.4 Å². The Morgan fingerprint density at radius 2 is 2.13 bits per heavy atom. The molecule has 3 aromatic rings. The van der Waals surface area contributed by atoms with Crippen LogP contribution >= 0.6 is 0 Å². The standard InChI is InChI=1S/C17H17N5O/c23-17-7-6-13(20-17)11-18-16-10-14(12-4-2-1-3-5-12)21-15-8-9-19-22(15)16/h1-5,8-10,13,18H,6-7,11H2,(H,20,23). The number of benzene rings is 1. The molecule has 23 heavy (non-hydrogen) atoms. The molecule has 0 bridgehead atoms. The first-order chi connectivity index (χ1) is 11.3. The predicted molar refractivity (Wildman–Crippen MR) is 88.1 cm³/mol. The number of nitrogens with one attached hydrogen (secondary N) is 2. The number of anilines is 1.